The molecule has 72 valence electrons. The number of hydrogen-bond acceptors (Lipinski definition) is 1. The van der Waals surface area contributed by atoms with Crippen molar-refractivity contribution >= 4 is 10.9 Å². The monoisotopic (exact) mass is 197 g/mol. The standard InChI is InChI=1S/C11H17OS/c1-8-5-10(13(3)4)6-9(2)11(8)7-12/h5-6,12H,7H2,1-4H3/q+1. The van der Waals surface area contributed by atoms with Crippen LogP contribution in [-0.4, -0.2) is 17.6 Å². The smallest absolute Gasteiger partial charge is 0.154 e. The van der Waals surface area contributed by atoms with Gasteiger partial charge in [-0.15, -0.1) is 0 Å². The molecule has 1 N–H and O–H groups in total. The quantitative estimate of drug-likeness (QED) is 0.719. The summed E-state index contributed by atoms with van der Waals surface area (Å²) < 4.78 is 0. The Labute approximate surface area is 83.1 Å². The predicted molar refractivity (Wildman–Crippen MR) is 59.3 cm³/mol. The van der Waals surface area contributed by atoms with Crippen molar-refractivity contribution in [3.63, 3.8) is 0 Å². The highest BCUT2D eigenvalue weighted by atomic mass is 32.2. The Morgan fingerprint density at radius 1 is 1.15 bits per heavy atom. The summed E-state index contributed by atoms with van der Waals surface area (Å²) in [5.41, 5.74) is 3.49. The van der Waals surface area contributed by atoms with Gasteiger partial charge in [0.2, 0.25) is 0 Å². The molecule has 0 bridgehead atoms. The van der Waals surface area contributed by atoms with Gasteiger partial charge in [0, 0.05) is 10.9 Å². The second kappa shape index (κ2) is 4.16. The van der Waals surface area contributed by atoms with Crippen LogP contribution in [0, 0.1) is 13.8 Å². The minimum absolute atomic E-state index is 0.152. The summed E-state index contributed by atoms with van der Waals surface area (Å²) in [6.07, 6.45) is 4.43. The van der Waals surface area contributed by atoms with Crippen LogP contribution >= 0.6 is 0 Å². The molecular formula is C11H17OS+. The largest absolute Gasteiger partial charge is 0.392 e. The van der Waals surface area contributed by atoms with Crippen molar-refractivity contribution in [2.45, 2.75) is 25.3 Å². The first-order chi connectivity index (χ1) is 6.06. The Morgan fingerprint density at radius 2 is 1.62 bits per heavy atom. The Balaban J connectivity index is 3.20. The maximum atomic E-state index is 9.13. The first kappa shape index (κ1) is 10.6. The minimum atomic E-state index is 0.152. The molecule has 0 atom stereocenters. The average Bonchev–Trinajstić information content (AvgIpc) is 2.03. The zero-order valence-electron chi connectivity index (χ0n) is 8.72. The maximum Gasteiger partial charge on any atom is 0.154 e. The molecule has 0 amide bonds. The van der Waals surface area contributed by atoms with Gasteiger partial charge in [-0.3, -0.25) is 0 Å². The van der Waals surface area contributed by atoms with Crippen LogP contribution in [0.25, 0.3) is 0 Å². The fourth-order valence-electron chi connectivity index (χ4n) is 1.44. The van der Waals surface area contributed by atoms with Crippen LogP contribution in [0.15, 0.2) is 17.0 Å². The minimum Gasteiger partial charge on any atom is -0.392 e. The summed E-state index contributed by atoms with van der Waals surface area (Å²) in [6.45, 7) is 4.28. The van der Waals surface area contributed by atoms with Gasteiger partial charge in [0.25, 0.3) is 0 Å². The Kier molecular flexibility index (Phi) is 3.40. The third kappa shape index (κ3) is 2.26. The van der Waals surface area contributed by atoms with Gasteiger partial charge >= 0.3 is 0 Å². The van der Waals surface area contributed by atoms with Crippen LogP contribution in [-0.2, 0) is 17.5 Å². The molecule has 2 heteroatoms. The van der Waals surface area contributed by atoms with Gasteiger partial charge in [-0.1, -0.05) is 0 Å². The molecule has 13 heavy (non-hydrogen) atoms. The summed E-state index contributed by atoms with van der Waals surface area (Å²) >= 11 is 0. The van der Waals surface area contributed by atoms with Crippen molar-refractivity contribution in [1.82, 2.24) is 0 Å². The summed E-state index contributed by atoms with van der Waals surface area (Å²) in [7, 11) is 0.309. The second-order valence-electron chi connectivity index (χ2n) is 3.51. The number of aryl methyl sites for hydroxylation is 2. The highest BCUT2D eigenvalue weighted by Crippen LogP contribution is 2.19. The van der Waals surface area contributed by atoms with Gasteiger partial charge in [0.15, 0.2) is 4.90 Å². The number of hydrogen-bond donors (Lipinski definition) is 1. The van der Waals surface area contributed by atoms with Crippen LogP contribution in [0.3, 0.4) is 0 Å². The van der Waals surface area contributed by atoms with E-state index in [1.807, 2.05) is 0 Å². The van der Waals surface area contributed by atoms with Crippen molar-refractivity contribution in [2.75, 3.05) is 12.5 Å². The molecule has 0 heterocycles. The van der Waals surface area contributed by atoms with Crippen LogP contribution in [0.5, 0.6) is 0 Å². The Hall–Kier alpha value is -0.470. The van der Waals surface area contributed by atoms with E-state index in [4.69, 9.17) is 5.11 Å². The lowest BCUT2D eigenvalue weighted by Crippen LogP contribution is -2.00. The SMILES string of the molecule is Cc1cc([S+](C)C)cc(C)c1CO. The number of aliphatic hydroxyl groups excluding tert-OH is 1. The van der Waals surface area contributed by atoms with E-state index in [1.54, 1.807) is 0 Å². The Morgan fingerprint density at radius 3 is 1.92 bits per heavy atom. The third-order valence-electron chi connectivity index (χ3n) is 2.30. The second-order valence-corrected chi connectivity index (χ2v) is 5.61. The lowest BCUT2D eigenvalue weighted by molar-refractivity contribution is 0.280. The van der Waals surface area contributed by atoms with Gasteiger partial charge in [-0.05, 0) is 42.7 Å². The molecule has 0 aliphatic rings. The number of rotatable bonds is 2. The first-order valence-corrected chi connectivity index (χ1v) is 6.39. The van der Waals surface area contributed by atoms with Crippen molar-refractivity contribution in [3.05, 3.63) is 28.8 Å². The fraction of sp³-hybridized carbons (Fsp3) is 0.455. The van der Waals surface area contributed by atoms with Gasteiger partial charge in [0.1, 0.15) is 12.5 Å². The third-order valence-corrected chi connectivity index (χ3v) is 3.48. The van der Waals surface area contributed by atoms with Crippen molar-refractivity contribution in [1.29, 1.82) is 0 Å². The molecule has 1 nitrogen and oxygen atoms in total. The zero-order chi connectivity index (χ0) is 10.0. The fourth-order valence-corrected chi connectivity index (χ4v) is 2.26. The number of benzene rings is 1. The molecule has 0 saturated heterocycles. The topological polar surface area (TPSA) is 20.2 Å². The molecule has 0 aliphatic carbocycles. The van der Waals surface area contributed by atoms with Gasteiger partial charge in [0.05, 0.1) is 6.61 Å². The molecule has 0 radical (unpaired) electrons. The van der Waals surface area contributed by atoms with Crippen molar-refractivity contribution in [3.8, 4) is 0 Å². The molecule has 0 unspecified atom stereocenters. The van der Waals surface area contributed by atoms with E-state index < -0.39 is 0 Å². The maximum absolute atomic E-state index is 9.13. The lowest BCUT2D eigenvalue weighted by atomic mass is 10.0. The van der Waals surface area contributed by atoms with E-state index in [1.165, 1.54) is 16.0 Å². The highest BCUT2D eigenvalue weighted by molar-refractivity contribution is 7.95. The predicted octanol–water partition coefficient (Wildman–Crippen LogP) is 2.03. The molecule has 1 aromatic rings. The van der Waals surface area contributed by atoms with Crippen LogP contribution in [0.2, 0.25) is 0 Å². The molecule has 0 spiro atoms. The number of aliphatic hydroxyl groups is 1. The van der Waals surface area contributed by atoms with E-state index in [-0.39, 0.29) is 6.61 Å². The summed E-state index contributed by atoms with van der Waals surface area (Å²) in [5, 5.41) is 9.13. The van der Waals surface area contributed by atoms with E-state index in [0.717, 1.165) is 5.56 Å². The Bertz CT molecular complexity index is 282. The van der Waals surface area contributed by atoms with E-state index >= 15 is 0 Å². The molecule has 0 saturated carbocycles. The van der Waals surface area contributed by atoms with Crippen LogP contribution < -0.4 is 0 Å². The summed E-state index contributed by atoms with van der Waals surface area (Å²) in [6, 6.07) is 4.36. The molecule has 0 aliphatic heterocycles. The van der Waals surface area contributed by atoms with E-state index in [2.05, 4.69) is 38.5 Å². The van der Waals surface area contributed by atoms with Gasteiger partial charge in [-0.2, -0.15) is 0 Å². The zero-order valence-corrected chi connectivity index (χ0v) is 9.53. The van der Waals surface area contributed by atoms with Crippen LogP contribution in [0.4, 0.5) is 0 Å². The van der Waals surface area contributed by atoms with E-state index in [9.17, 15) is 0 Å². The molecule has 1 rings (SSSR count). The summed E-state index contributed by atoms with van der Waals surface area (Å²) in [5.74, 6) is 0. The molecule has 1 aromatic carbocycles. The highest BCUT2D eigenvalue weighted by Gasteiger charge is 2.12. The van der Waals surface area contributed by atoms with E-state index in [0.29, 0.717) is 10.9 Å². The van der Waals surface area contributed by atoms with Crippen molar-refractivity contribution < 1.29 is 5.11 Å². The molecule has 0 aromatic heterocycles. The molecular weight excluding hydrogens is 180 g/mol. The van der Waals surface area contributed by atoms with Gasteiger partial charge in [-0.25, -0.2) is 0 Å². The summed E-state index contributed by atoms with van der Waals surface area (Å²) in [4.78, 5) is 1.38. The normalized spacial score (nSPS) is 10.9. The molecule has 0 fully saturated rings. The lowest BCUT2D eigenvalue weighted by Gasteiger charge is -2.07. The van der Waals surface area contributed by atoms with Crippen LogP contribution in [0.1, 0.15) is 16.7 Å². The van der Waals surface area contributed by atoms with Crippen molar-refractivity contribution in [2.24, 2.45) is 0 Å². The first-order valence-electron chi connectivity index (χ1n) is 4.35. The average molecular weight is 197 g/mol. The van der Waals surface area contributed by atoms with Gasteiger partial charge < -0.3 is 5.11 Å².